The highest BCUT2D eigenvalue weighted by atomic mass is 35.5. The number of benzene rings is 2. The molecule has 0 bridgehead atoms. The van der Waals surface area contributed by atoms with E-state index in [4.69, 9.17) is 22.7 Å². The zero-order valence-electron chi connectivity index (χ0n) is 14.8. The second-order valence-electron chi connectivity index (χ2n) is 5.76. The van der Waals surface area contributed by atoms with Crippen molar-refractivity contribution in [2.75, 3.05) is 23.0 Å². The van der Waals surface area contributed by atoms with Crippen molar-refractivity contribution in [1.29, 1.82) is 5.26 Å². The minimum absolute atomic E-state index is 0.121. The molecule has 0 fully saturated rings. The fraction of sp³-hybridized carbons (Fsp3) is 0.158. The first-order chi connectivity index (χ1) is 13.6. The third kappa shape index (κ3) is 4.63. The molecule has 1 amide bonds. The van der Waals surface area contributed by atoms with Crippen molar-refractivity contribution in [3.63, 3.8) is 0 Å². The van der Waals surface area contributed by atoms with Crippen LogP contribution in [-0.4, -0.2) is 33.1 Å². The zero-order valence-corrected chi connectivity index (χ0v) is 16.4. The molecular formula is C19H17ClN6OS. The zero-order chi connectivity index (χ0) is 19.9. The number of aromatic nitrogens is 3. The molecule has 28 heavy (non-hydrogen) atoms. The van der Waals surface area contributed by atoms with Crippen LogP contribution in [0.5, 0.6) is 0 Å². The second kappa shape index (κ2) is 9.26. The van der Waals surface area contributed by atoms with Crippen molar-refractivity contribution in [3.05, 3.63) is 59.6 Å². The minimum atomic E-state index is -0.137. The number of anilines is 1. The van der Waals surface area contributed by atoms with Crippen LogP contribution in [0.2, 0.25) is 5.02 Å². The summed E-state index contributed by atoms with van der Waals surface area (Å²) >= 11 is 7.10. The van der Waals surface area contributed by atoms with Crippen LogP contribution < -0.4 is 10.7 Å². The topological polar surface area (TPSA) is 101 Å². The van der Waals surface area contributed by atoms with Gasteiger partial charge in [-0.2, -0.15) is 5.26 Å². The van der Waals surface area contributed by atoms with E-state index < -0.39 is 0 Å². The van der Waals surface area contributed by atoms with Gasteiger partial charge in [-0.15, -0.1) is 10.2 Å². The van der Waals surface area contributed by atoms with Crippen molar-refractivity contribution in [2.24, 2.45) is 0 Å². The molecule has 0 spiro atoms. The lowest BCUT2D eigenvalue weighted by atomic mass is 10.2. The minimum Gasteiger partial charge on any atom is -0.335 e. The van der Waals surface area contributed by atoms with E-state index in [2.05, 4.69) is 16.3 Å². The molecule has 2 N–H and O–H groups in total. The summed E-state index contributed by atoms with van der Waals surface area (Å²) < 4.78 is 1.35. The van der Waals surface area contributed by atoms with Gasteiger partial charge in [-0.3, -0.25) is 4.79 Å². The number of hydrogen-bond donors (Lipinski definition) is 1. The summed E-state index contributed by atoms with van der Waals surface area (Å²) in [6.07, 6.45) is 0.249. The van der Waals surface area contributed by atoms with Gasteiger partial charge in [0.2, 0.25) is 11.1 Å². The van der Waals surface area contributed by atoms with E-state index in [0.29, 0.717) is 22.5 Å². The summed E-state index contributed by atoms with van der Waals surface area (Å²) in [5, 5.41) is 18.1. The molecule has 9 heteroatoms. The molecule has 0 saturated carbocycles. The fourth-order valence-electron chi connectivity index (χ4n) is 2.54. The summed E-state index contributed by atoms with van der Waals surface area (Å²) in [5.74, 6) is 6.56. The van der Waals surface area contributed by atoms with Gasteiger partial charge < -0.3 is 10.7 Å². The van der Waals surface area contributed by atoms with Gasteiger partial charge in [-0.1, -0.05) is 41.6 Å². The van der Waals surface area contributed by atoms with Crippen molar-refractivity contribution in [2.45, 2.75) is 11.6 Å². The van der Waals surface area contributed by atoms with E-state index in [9.17, 15) is 4.79 Å². The van der Waals surface area contributed by atoms with E-state index in [-0.39, 0.29) is 18.1 Å². The highest BCUT2D eigenvalue weighted by Gasteiger charge is 2.18. The Morgan fingerprint density at radius 1 is 1.18 bits per heavy atom. The van der Waals surface area contributed by atoms with Crippen LogP contribution in [0.15, 0.2) is 59.8 Å². The Labute approximate surface area is 171 Å². The van der Waals surface area contributed by atoms with Gasteiger partial charge >= 0.3 is 0 Å². The Morgan fingerprint density at radius 3 is 2.57 bits per heavy atom. The molecular weight excluding hydrogens is 396 g/mol. The van der Waals surface area contributed by atoms with Gasteiger partial charge in [0.25, 0.3) is 0 Å². The Bertz CT molecular complexity index is 984. The third-order valence-corrected chi connectivity index (χ3v) is 5.09. The number of carbonyl (C=O) groups excluding carboxylic acids is 1. The van der Waals surface area contributed by atoms with E-state index in [1.165, 1.54) is 16.4 Å². The molecule has 7 nitrogen and oxygen atoms in total. The van der Waals surface area contributed by atoms with Crippen molar-refractivity contribution in [3.8, 4) is 17.5 Å². The van der Waals surface area contributed by atoms with Crippen molar-refractivity contribution >= 4 is 35.0 Å². The van der Waals surface area contributed by atoms with Crippen LogP contribution in [0.3, 0.4) is 0 Å². The first kappa shape index (κ1) is 19.7. The molecule has 3 rings (SSSR count). The maximum atomic E-state index is 12.7. The molecule has 0 atom stereocenters. The predicted molar refractivity (Wildman–Crippen MR) is 110 cm³/mol. The van der Waals surface area contributed by atoms with Gasteiger partial charge in [-0.25, -0.2) is 4.68 Å². The third-order valence-electron chi connectivity index (χ3n) is 3.91. The van der Waals surface area contributed by atoms with Gasteiger partial charge in [0, 0.05) is 22.8 Å². The molecule has 0 unspecified atom stereocenters. The molecule has 142 valence electrons. The normalized spacial score (nSPS) is 10.4. The van der Waals surface area contributed by atoms with Crippen LogP contribution >= 0.6 is 23.4 Å². The van der Waals surface area contributed by atoms with E-state index in [0.717, 1.165) is 11.3 Å². The first-order valence-electron chi connectivity index (χ1n) is 8.41. The van der Waals surface area contributed by atoms with Crippen LogP contribution in [0.1, 0.15) is 6.42 Å². The lowest BCUT2D eigenvalue weighted by Gasteiger charge is -2.21. The summed E-state index contributed by atoms with van der Waals surface area (Å²) in [6.45, 7) is 0.325. The Morgan fingerprint density at radius 2 is 1.89 bits per heavy atom. The molecule has 0 aliphatic rings. The maximum absolute atomic E-state index is 12.7. The highest BCUT2D eigenvalue weighted by molar-refractivity contribution is 7.99. The molecule has 3 aromatic rings. The summed E-state index contributed by atoms with van der Waals surface area (Å²) in [4.78, 5) is 14.3. The summed E-state index contributed by atoms with van der Waals surface area (Å²) in [5.41, 5.74) is 1.52. The number of nitriles is 1. The van der Waals surface area contributed by atoms with Crippen LogP contribution in [0.25, 0.3) is 11.4 Å². The SMILES string of the molecule is N#CCCN(C(=O)CSc1nnc(-c2ccc(Cl)cc2)n1N)c1ccccc1. The number of rotatable bonds is 7. The van der Waals surface area contributed by atoms with Crippen LogP contribution in [-0.2, 0) is 4.79 Å². The Hall–Kier alpha value is -3.02. The highest BCUT2D eigenvalue weighted by Crippen LogP contribution is 2.24. The van der Waals surface area contributed by atoms with E-state index in [1.807, 2.05) is 30.3 Å². The van der Waals surface area contributed by atoms with Crippen molar-refractivity contribution < 1.29 is 4.79 Å². The Kier molecular flexibility index (Phi) is 6.53. The monoisotopic (exact) mass is 412 g/mol. The van der Waals surface area contributed by atoms with Gasteiger partial charge in [0.15, 0.2) is 5.82 Å². The van der Waals surface area contributed by atoms with Crippen molar-refractivity contribution in [1.82, 2.24) is 14.9 Å². The quantitative estimate of drug-likeness (QED) is 0.471. The number of hydrogen-bond acceptors (Lipinski definition) is 6. The largest absolute Gasteiger partial charge is 0.335 e. The standard InChI is InChI=1S/C19H17ClN6OS/c20-15-9-7-14(8-10-15)18-23-24-19(26(18)22)28-13-17(27)25(12-4-11-21)16-5-2-1-3-6-16/h1-3,5-10H,4,12-13,22H2. The number of nitrogens with zero attached hydrogens (tertiary/aromatic N) is 5. The number of nitrogens with two attached hydrogens (primary N) is 1. The van der Waals surface area contributed by atoms with Gasteiger partial charge in [-0.05, 0) is 36.4 Å². The summed E-state index contributed by atoms with van der Waals surface area (Å²) in [6, 6.07) is 18.4. The Balaban J connectivity index is 1.71. The summed E-state index contributed by atoms with van der Waals surface area (Å²) in [7, 11) is 0. The lowest BCUT2D eigenvalue weighted by Crippen LogP contribution is -2.33. The number of nitrogen functional groups attached to an aromatic ring is 1. The molecule has 0 radical (unpaired) electrons. The number of para-hydroxylation sites is 1. The molecule has 0 aliphatic carbocycles. The molecule has 0 aliphatic heterocycles. The molecule has 2 aromatic carbocycles. The average Bonchev–Trinajstić information content (AvgIpc) is 3.08. The predicted octanol–water partition coefficient (Wildman–Crippen LogP) is 3.35. The first-order valence-corrected chi connectivity index (χ1v) is 9.78. The second-order valence-corrected chi connectivity index (χ2v) is 7.14. The number of thioether (sulfide) groups is 1. The van der Waals surface area contributed by atoms with E-state index in [1.54, 1.807) is 29.2 Å². The van der Waals surface area contributed by atoms with Gasteiger partial charge in [0.1, 0.15) is 0 Å². The average molecular weight is 413 g/mol. The number of carbonyl (C=O) groups is 1. The fourth-order valence-corrected chi connectivity index (χ4v) is 3.40. The molecule has 1 aromatic heterocycles. The van der Waals surface area contributed by atoms with Crippen LogP contribution in [0.4, 0.5) is 5.69 Å². The number of halogens is 1. The molecule has 1 heterocycles. The maximum Gasteiger partial charge on any atom is 0.237 e. The van der Waals surface area contributed by atoms with E-state index >= 15 is 0 Å². The van der Waals surface area contributed by atoms with Crippen LogP contribution in [0, 0.1) is 11.3 Å². The molecule has 0 saturated heterocycles. The lowest BCUT2D eigenvalue weighted by molar-refractivity contribution is -0.116. The van der Waals surface area contributed by atoms with Gasteiger partial charge in [0.05, 0.1) is 18.2 Å². The smallest absolute Gasteiger partial charge is 0.237 e. The number of amides is 1.